The second-order valence-electron chi connectivity index (χ2n) is 3.99. The molecular formula is C12H14N2S. The van der Waals surface area contributed by atoms with E-state index in [1.807, 2.05) is 30.3 Å². The Bertz CT molecular complexity index is 407. The molecule has 0 saturated carbocycles. The summed E-state index contributed by atoms with van der Waals surface area (Å²) in [4.78, 5) is 5.65. The third-order valence-electron chi connectivity index (χ3n) is 2.31. The van der Waals surface area contributed by atoms with Crippen LogP contribution in [-0.2, 0) is 0 Å². The molecule has 15 heavy (non-hydrogen) atoms. The maximum absolute atomic E-state index is 4.57. The lowest BCUT2D eigenvalue weighted by Crippen LogP contribution is -2.13. The van der Waals surface area contributed by atoms with Gasteiger partial charge in [0.05, 0.1) is 5.54 Å². The lowest BCUT2D eigenvalue weighted by Gasteiger charge is -2.12. The van der Waals surface area contributed by atoms with Gasteiger partial charge in [0, 0.05) is 10.6 Å². The summed E-state index contributed by atoms with van der Waals surface area (Å²) in [5.74, 6) is 0. The maximum atomic E-state index is 4.57. The Morgan fingerprint density at radius 1 is 1.27 bits per heavy atom. The molecular weight excluding hydrogens is 204 g/mol. The molecule has 2 nitrogen and oxygen atoms in total. The molecule has 1 aliphatic rings. The largest absolute Gasteiger partial charge is 0.335 e. The number of anilines is 1. The highest BCUT2D eigenvalue weighted by Crippen LogP contribution is 2.37. The summed E-state index contributed by atoms with van der Waals surface area (Å²) >= 11 is 1.61. The van der Waals surface area contributed by atoms with Gasteiger partial charge in [0.2, 0.25) is 0 Å². The van der Waals surface area contributed by atoms with Crippen LogP contribution in [0.4, 0.5) is 5.69 Å². The van der Waals surface area contributed by atoms with E-state index in [4.69, 9.17) is 0 Å². The molecule has 0 unspecified atom stereocenters. The molecule has 1 N–H and O–H groups in total. The zero-order valence-corrected chi connectivity index (χ0v) is 9.77. The highest BCUT2D eigenvalue weighted by Gasteiger charge is 2.29. The highest BCUT2D eigenvalue weighted by atomic mass is 32.2. The molecule has 1 aromatic rings. The molecule has 1 aromatic carbocycles. The van der Waals surface area contributed by atoms with Crippen molar-refractivity contribution in [3.8, 4) is 0 Å². The van der Waals surface area contributed by atoms with Crippen LogP contribution < -0.4 is 5.32 Å². The number of para-hydroxylation sites is 1. The first-order valence-electron chi connectivity index (χ1n) is 4.87. The monoisotopic (exact) mass is 218 g/mol. The van der Waals surface area contributed by atoms with E-state index in [2.05, 4.69) is 30.7 Å². The van der Waals surface area contributed by atoms with E-state index in [9.17, 15) is 0 Å². The summed E-state index contributed by atoms with van der Waals surface area (Å²) in [6.07, 6.45) is 0. The van der Waals surface area contributed by atoms with Crippen molar-refractivity contribution in [1.82, 2.24) is 0 Å². The Morgan fingerprint density at radius 3 is 2.47 bits per heavy atom. The van der Waals surface area contributed by atoms with Gasteiger partial charge in [0.25, 0.3) is 0 Å². The molecule has 0 radical (unpaired) electrons. The first kappa shape index (κ1) is 10.3. The van der Waals surface area contributed by atoms with E-state index in [1.165, 1.54) is 0 Å². The molecule has 0 aliphatic carbocycles. The number of benzene rings is 1. The number of hydrogen-bond acceptors (Lipinski definition) is 3. The minimum Gasteiger partial charge on any atom is -0.335 e. The van der Waals surface area contributed by atoms with E-state index in [1.54, 1.807) is 11.8 Å². The van der Waals surface area contributed by atoms with Gasteiger partial charge in [-0.15, -0.1) is 0 Å². The first-order valence-corrected chi connectivity index (χ1v) is 5.69. The Morgan fingerprint density at radius 2 is 1.93 bits per heavy atom. The molecule has 0 bridgehead atoms. The van der Waals surface area contributed by atoms with Crippen LogP contribution in [0, 0.1) is 0 Å². The van der Waals surface area contributed by atoms with Crippen LogP contribution >= 0.6 is 11.8 Å². The molecule has 0 saturated heterocycles. The minimum atomic E-state index is -0.151. The number of hydrogen-bond donors (Lipinski definition) is 1. The number of rotatable bonds is 1. The van der Waals surface area contributed by atoms with Crippen molar-refractivity contribution in [2.24, 2.45) is 4.99 Å². The van der Waals surface area contributed by atoms with Crippen LogP contribution in [0.25, 0.3) is 0 Å². The zero-order valence-electron chi connectivity index (χ0n) is 8.95. The van der Waals surface area contributed by atoms with E-state index < -0.39 is 0 Å². The van der Waals surface area contributed by atoms with Gasteiger partial charge in [-0.3, -0.25) is 4.99 Å². The SMILES string of the molecule is C=C1SC(Nc2ccccc2)=NC1(C)C. The third kappa shape index (κ3) is 2.23. The van der Waals surface area contributed by atoms with Crippen molar-refractivity contribution in [2.75, 3.05) is 5.32 Å². The highest BCUT2D eigenvalue weighted by molar-refractivity contribution is 8.17. The Hall–Kier alpha value is -1.22. The Kier molecular flexibility index (Phi) is 2.57. The smallest absolute Gasteiger partial charge is 0.166 e. The molecule has 1 heterocycles. The number of amidine groups is 1. The van der Waals surface area contributed by atoms with E-state index in [0.717, 1.165) is 15.8 Å². The predicted octanol–water partition coefficient (Wildman–Crippen LogP) is 3.49. The number of nitrogens with one attached hydrogen (secondary N) is 1. The first-order chi connectivity index (χ1) is 7.08. The molecule has 0 spiro atoms. The lowest BCUT2D eigenvalue weighted by atomic mass is 10.1. The second-order valence-corrected chi connectivity index (χ2v) is 5.08. The fourth-order valence-corrected chi connectivity index (χ4v) is 2.25. The normalized spacial score (nSPS) is 18.8. The van der Waals surface area contributed by atoms with Gasteiger partial charge >= 0.3 is 0 Å². The lowest BCUT2D eigenvalue weighted by molar-refractivity contribution is 0.657. The van der Waals surface area contributed by atoms with Gasteiger partial charge in [-0.1, -0.05) is 36.5 Å². The van der Waals surface area contributed by atoms with Crippen molar-refractivity contribution >= 4 is 22.6 Å². The van der Waals surface area contributed by atoms with Crippen molar-refractivity contribution in [1.29, 1.82) is 0 Å². The average Bonchev–Trinajstić information content (AvgIpc) is 2.42. The van der Waals surface area contributed by atoms with Gasteiger partial charge in [0.15, 0.2) is 5.17 Å². The van der Waals surface area contributed by atoms with Crippen LogP contribution in [0.2, 0.25) is 0 Å². The van der Waals surface area contributed by atoms with Crippen LogP contribution in [0.15, 0.2) is 46.8 Å². The van der Waals surface area contributed by atoms with Crippen molar-refractivity contribution in [3.63, 3.8) is 0 Å². The average molecular weight is 218 g/mol. The standard InChI is InChI=1S/C12H14N2S/c1-9-12(2,3)14-11(15-9)13-10-7-5-4-6-8-10/h4-8H,1H2,2-3H3,(H,13,14). The third-order valence-corrected chi connectivity index (χ3v) is 3.44. The molecule has 2 rings (SSSR count). The number of nitrogens with zero attached hydrogens (tertiary/aromatic N) is 1. The predicted molar refractivity (Wildman–Crippen MR) is 68.3 cm³/mol. The fraction of sp³-hybridized carbons (Fsp3) is 0.250. The van der Waals surface area contributed by atoms with Crippen LogP contribution in [-0.4, -0.2) is 10.7 Å². The summed E-state index contributed by atoms with van der Waals surface area (Å²) in [5, 5.41) is 4.21. The molecule has 0 fully saturated rings. The van der Waals surface area contributed by atoms with Crippen molar-refractivity contribution < 1.29 is 0 Å². The molecule has 3 heteroatoms. The van der Waals surface area contributed by atoms with E-state index >= 15 is 0 Å². The summed E-state index contributed by atoms with van der Waals surface area (Å²) in [7, 11) is 0. The van der Waals surface area contributed by atoms with Crippen LogP contribution in [0.5, 0.6) is 0 Å². The fourth-order valence-electron chi connectivity index (χ4n) is 1.28. The van der Waals surface area contributed by atoms with Crippen LogP contribution in [0.1, 0.15) is 13.8 Å². The van der Waals surface area contributed by atoms with Gasteiger partial charge in [-0.05, 0) is 26.0 Å². The van der Waals surface area contributed by atoms with Crippen molar-refractivity contribution in [2.45, 2.75) is 19.4 Å². The zero-order chi connectivity index (χ0) is 10.9. The summed E-state index contributed by atoms with van der Waals surface area (Å²) in [6.45, 7) is 8.15. The summed E-state index contributed by atoms with van der Waals surface area (Å²) in [5.41, 5.74) is 0.913. The Labute approximate surface area is 94.5 Å². The quantitative estimate of drug-likeness (QED) is 0.780. The van der Waals surface area contributed by atoms with E-state index in [-0.39, 0.29) is 5.54 Å². The van der Waals surface area contributed by atoms with Gasteiger partial charge in [0.1, 0.15) is 0 Å². The summed E-state index contributed by atoms with van der Waals surface area (Å²) in [6, 6.07) is 10.1. The topological polar surface area (TPSA) is 24.4 Å². The van der Waals surface area contributed by atoms with Gasteiger partial charge < -0.3 is 5.32 Å². The van der Waals surface area contributed by atoms with Gasteiger partial charge in [-0.25, -0.2) is 0 Å². The van der Waals surface area contributed by atoms with E-state index in [0.29, 0.717) is 0 Å². The minimum absolute atomic E-state index is 0.151. The Balaban J connectivity index is 2.13. The summed E-state index contributed by atoms with van der Waals surface area (Å²) < 4.78 is 0. The molecule has 0 atom stereocenters. The number of thioether (sulfide) groups is 1. The molecule has 78 valence electrons. The van der Waals surface area contributed by atoms with Gasteiger partial charge in [-0.2, -0.15) is 0 Å². The van der Waals surface area contributed by atoms with Crippen molar-refractivity contribution in [3.05, 3.63) is 41.8 Å². The molecule has 1 aliphatic heterocycles. The number of aliphatic imine (C=N–C) groups is 1. The molecule has 0 amide bonds. The molecule has 0 aromatic heterocycles. The maximum Gasteiger partial charge on any atom is 0.166 e. The second kappa shape index (κ2) is 3.74. The van der Waals surface area contributed by atoms with Crippen LogP contribution in [0.3, 0.4) is 0 Å².